The van der Waals surface area contributed by atoms with E-state index in [0.29, 0.717) is 0 Å². The van der Waals surface area contributed by atoms with Gasteiger partial charge in [-0.15, -0.1) is 0 Å². The summed E-state index contributed by atoms with van der Waals surface area (Å²) in [7, 11) is -1.65. The Balaban J connectivity index is 2.13. The first-order valence-corrected chi connectivity index (χ1v) is 14.7. The Labute approximate surface area is 243 Å². The van der Waals surface area contributed by atoms with Crippen LogP contribution in [0.15, 0.2) is 78.9 Å². The van der Waals surface area contributed by atoms with Crippen LogP contribution < -0.4 is 9.62 Å². The first kappa shape index (κ1) is 31.8. The highest BCUT2D eigenvalue weighted by atomic mass is 32.2. The van der Waals surface area contributed by atoms with Gasteiger partial charge in [0.1, 0.15) is 18.4 Å². The fraction of sp³-hybridized carbons (Fsp3) is 0.355. The standard InChI is InChI=1S/C31H39FN4O4S/c1-23-13-12-16-25(19-23)21-35(28(30(38)33-31(2,3)4)20-24-14-8-7-9-15-24)29(37)22-36(41(39,40)34(5)6)27-18-11-10-17-26(27)32/h7-19,28H,20-22H2,1-6H3,(H,33,38)/t28-/m1/s1. The summed E-state index contributed by atoms with van der Waals surface area (Å²) in [4.78, 5) is 29.4. The van der Waals surface area contributed by atoms with Gasteiger partial charge in [0.05, 0.1) is 5.69 Å². The van der Waals surface area contributed by atoms with Gasteiger partial charge >= 0.3 is 10.2 Å². The van der Waals surface area contributed by atoms with Crippen LogP contribution in [-0.2, 0) is 32.8 Å². The maximum Gasteiger partial charge on any atom is 0.304 e. The van der Waals surface area contributed by atoms with Crippen molar-refractivity contribution in [1.29, 1.82) is 0 Å². The summed E-state index contributed by atoms with van der Waals surface area (Å²) in [6.07, 6.45) is 0.195. The van der Waals surface area contributed by atoms with Crippen LogP contribution in [0.25, 0.3) is 0 Å². The van der Waals surface area contributed by atoms with Crippen molar-refractivity contribution in [2.24, 2.45) is 0 Å². The first-order valence-electron chi connectivity index (χ1n) is 13.3. The van der Waals surface area contributed by atoms with Crippen LogP contribution >= 0.6 is 0 Å². The zero-order valence-electron chi connectivity index (χ0n) is 24.5. The maximum atomic E-state index is 14.9. The van der Waals surface area contributed by atoms with Crippen molar-refractivity contribution in [3.63, 3.8) is 0 Å². The van der Waals surface area contributed by atoms with E-state index in [2.05, 4.69) is 5.32 Å². The molecule has 3 aromatic carbocycles. The molecule has 220 valence electrons. The molecule has 0 unspecified atom stereocenters. The second-order valence-corrected chi connectivity index (χ2v) is 13.3. The molecule has 0 bridgehead atoms. The molecule has 0 saturated carbocycles. The smallest absolute Gasteiger partial charge is 0.304 e. The predicted octanol–water partition coefficient (Wildman–Crippen LogP) is 4.30. The fourth-order valence-electron chi connectivity index (χ4n) is 4.37. The summed E-state index contributed by atoms with van der Waals surface area (Å²) < 4.78 is 43.3. The largest absolute Gasteiger partial charge is 0.350 e. The van der Waals surface area contributed by atoms with Gasteiger partial charge in [0.2, 0.25) is 11.8 Å². The highest BCUT2D eigenvalue weighted by Crippen LogP contribution is 2.24. The van der Waals surface area contributed by atoms with Gasteiger partial charge in [0, 0.05) is 32.6 Å². The number of aryl methyl sites for hydroxylation is 1. The number of nitrogens with one attached hydrogen (secondary N) is 1. The van der Waals surface area contributed by atoms with Gasteiger partial charge in [0.15, 0.2) is 0 Å². The molecule has 1 N–H and O–H groups in total. The molecule has 0 spiro atoms. The number of hydrogen-bond acceptors (Lipinski definition) is 4. The van der Waals surface area contributed by atoms with Crippen LogP contribution in [0.2, 0.25) is 0 Å². The van der Waals surface area contributed by atoms with Crippen molar-refractivity contribution in [3.05, 3.63) is 101 Å². The van der Waals surface area contributed by atoms with Crippen molar-refractivity contribution >= 4 is 27.7 Å². The lowest BCUT2D eigenvalue weighted by Gasteiger charge is -2.35. The quantitative estimate of drug-likeness (QED) is 0.365. The molecule has 0 aliphatic rings. The van der Waals surface area contributed by atoms with Gasteiger partial charge in [-0.2, -0.15) is 12.7 Å². The second-order valence-electron chi connectivity index (χ2n) is 11.2. The number of anilines is 1. The number of para-hydroxylation sites is 1. The molecule has 1 atom stereocenters. The lowest BCUT2D eigenvalue weighted by molar-refractivity contribution is -0.140. The molecule has 10 heteroatoms. The summed E-state index contributed by atoms with van der Waals surface area (Å²) in [6.45, 7) is 6.80. The average molecular weight is 583 g/mol. The third-order valence-corrected chi connectivity index (χ3v) is 8.15. The Morgan fingerprint density at radius 3 is 2.10 bits per heavy atom. The molecule has 0 radical (unpaired) electrons. The van der Waals surface area contributed by atoms with E-state index in [-0.39, 0.29) is 24.6 Å². The highest BCUT2D eigenvalue weighted by molar-refractivity contribution is 7.90. The fourth-order valence-corrected chi connectivity index (χ4v) is 5.43. The molecule has 0 aliphatic heterocycles. The van der Waals surface area contributed by atoms with Crippen LogP contribution in [0.1, 0.15) is 37.5 Å². The van der Waals surface area contributed by atoms with Crippen LogP contribution in [0, 0.1) is 12.7 Å². The average Bonchev–Trinajstić information content (AvgIpc) is 2.89. The third kappa shape index (κ3) is 8.61. The summed E-state index contributed by atoms with van der Waals surface area (Å²) in [5.41, 5.74) is 1.72. The maximum absolute atomic E-state index is 14.9. The van der Waals surface area contributed by atoms with Gasteiger partial charge < -0.3 is 10.2 Å². The SMILES string of the molecule is Cc1cccc(CN(C(=O)CN(c2ccccc2F)S(=O)(=O)N(C)C)[C@H](Cc2ccccc2)C(=O)NC(C)(C)C)c1. The van der Waals surface area contributed by atoms with E-state index < -0.39 is 40.1 Å². The molecule has 41 heavy (non-hydrogen) atoms. The van der Waals surface area contributed by atoms with Crippen molar-refractivity contribution < 1.29 is 22.4 Å². The Morgan fingerprint density at radius 1 is 0.902 bits per heavy atom. The van der Waals surface area contributed by atoms with Crippen LogP contribution in [-0.4, -0.2) is 61.7 Å². The van der Waals surface area contributed by atoms with Gasteiger partial charge in [-0.1, -0.05) is 72.3 Å². The monoisotopic (exact) mass is 582 g/mol. The molecule has 0 aromatic heterocycles. The van der Waals surface area contributed by atoms with Crippen molar-refractivity contribution in [3.8, 4) is 0 Å². The third-order valence-electron chi connectivity index (χ3n) is 6.34. The number of amides is 2. The highest BCUT2D eigenvalue weighted by Gasteiger charge is 2.36. The van der Waals surface area contributed by atoms with Crippen LogP contribution in [0.4, 0.5) is 10.1 Å². The zero-order valence-corrected chi connectivity index (χ0v) is 25.3. The Kier molecular flexibility index (Phi) is 10.3. The summed E-state index contributed by atoms with van der Waals surface area (Å²) in [5.74, 6) is -1.82. The molecular weight excluding hydrogens is 543 g/mol. The number of rotatable bonds is 11. The van der Waals surface area contributed by atoms with Crippen molar-refractivity contribution in [2.45, 2.75) is 52.2 Å². The number of halogens is 1. The first-order chi connectivity index (χ1) is 19.2. The molecule has 2 amide bonds. The molecule has 0 saturated heterocycles. The van der Waals surface area contributed by atoms with Gasteiger partial charge in [-0.05, 0) is 51.0 Å². The summed E-state index contributed by atoms with van der Waals surface area (Å²) in [6, 6.07) is 21.3. The van der Waals surface area contributed by atoms with E-state index in [1.807, 2.05) is 82.3 Å². The molecular formula is C31H39FN4O4S. The van der Waals surface area contributed by atoms with E-state index in [1.54, 1.807) is 0 Å². The van der Waals surface area contributed by atoms with Gasteiger partial charge in [-0.3, -0.25) is 9.59 Å². The number of benzene rings is 3. The lowest BCUT2D eigenvalue weighted by atomic mass is 10.0. The van der Waals surface area contributed by atoms with Crippen molar-refractivity contribution in [1.82, 2.24) is 14.5 Å². The minimum Gasteiger partial charge on any atom is -0.350 e. The van der Waals surface area contributed by atoms with E-state index >= 15 is 0 Å². The van der Waals surface area contributed by atoms with E-state index in [9.17, 15) is 22.4 Å². The Hall–Kier alpha value is -3.76. The van der Waals surface area contributed by atoms with Crippen LogP contribution in [0.5, 0.6) is 0 Å². The lowest BCUT2D eigenvalue weighted by Crippen LogP contribution is -2.56. The minimum atomic E-state index is -4.28. The Morgan fingerprint density at radius 2 is 1.51 bits per heavy atom. The summed E-state index contributed by atoms with van der Waals surface area (Å²) >= 11 is 0. The second kappa shape index (κ2) is 13.3. The number of nitrogens with zero attached hydrogens (tertiary/aromatic N) is 3. The number of hydrogen-bond donors (Lipinski definition) is 1. The minimum absolute atomic E-state index is 0.0443. The van der Waals surface area contributed by atoms with Gasteiger partial charge in [-0.25, -0.2) is 8.70 Å². The molecule has 0 heterocycles. The van der Waals surface area contributed by atoms with E-state index in [1.165, 1.54) is 37.2 Å². The van der Waals surface area contributed by atoms with Crippen molar-refractivity contribution in [2.75, 3.05) is 24.9 Å². The molecule has 0 aliphatic carbocycles. The normalized spacial score (nSPS) is 12.6. The topological polar surface area (TPSA) is 90.0 Å². The molecule has 0 fully saturated rings. The molecule has 3 aromatic rings. The molecule has 8 nitrogen and oxygen atoms in total. The van der Waals surface area contributed by atoms with E-state index in [0.717, 1.165) is 31.4 Å². The number of carbonyl (C=O) groups is 2. The van der Waals surface area contributed by atoms with Gasteiger partial charge in [0.25, 0.3) is 0 Å². The number of carbonyl (C=O) groups excluding carboxylic acids is 2. The summed E-state index contributed by atoms with van der Waals surface area (Å²) in [5, 5.41) is 2.98. The Bertz CT molecular complexity index is 1460. The van der Waals surface area contributed by atoms with Crippen LogP contribution in [0.3, 0.4) is 0 Å². The predicted molar refractivity (Wildman–Crippen MR) is 160 cm³/mol. The van der Waals surface area contributed by atoms with E-state index in [4.69, 9.17) is 0 Å². The zero-order chi connectivity index (χ0) is 30.4. The molecule has 3 rings (SSSR count).